The van der Waals surface area contributed by atoms with Gasteiger partial charge in [0.15, 0.2) is 0 Å². The van der Waals surface area contributed by atoms with Gasteiger partial charge < -0.3 is 4.90 Å². The fraction of sp³-hybridized carbons (Fsp3) is 0.0526. The summed E-state index contributed by atoms with van der Waals surface area (Å²) in [6.07, 6.45) is 0. The van der Waals surface area contributed by atoms with Gasteiger partial charge >= 0.3 is 0 Å². The quantitative estimate of drug-likeness (QED) is 0.643. The van der Waals surface area contributed by atoms with E-state index in [9.17, 15) is 0 Å². The van der Waals surface area contributed by atoms with Gasteiger partial charge in [-0.25, -0.2) is 0 Å². The molecule has 0 aliphatic heterocycles. The van der Waals surface area contributed by atoms with Crippen molar-refractivity contribution in [3.8, 4) is 0 Å². The molecule has 110 valence electrons. The molecule has 0 unspecified atom stereocenters. The first-order valence-corrected chi connectivity index (χ1v) is 7.20. The van der Waals surface area contributed by atoms with Crippen LogP contribution in [0.4, 0.5) is 22.7 Å². The average molecular weight is 290 g/mol. The Morgan fingerprint density at radius 1 is 0.727 bits per heavy atom. The zero-order valence-corrected chi connectivity index (χ0v) is 12.4. The highest BCUT2D eigenvalue weighted by atomic mass is 16.5. The van der Waals surface area contributed by atoms with E-state index in [4.69, 9.17) is 5.21 Å². The smallest absolute Gasteiger partial charge is 0.0603 e. The van der Waals surface area contributed by atoms with Crippen LogP contribution in [0, 0.1) is 6.92 Å². The first-order valence-electron chi connectivity index (χ1n) is 7.20. The first-order chi connectivity index (χ1) is 10.8. The predicted molar refractivity (Wildman–Crippen MR) is 91.3 cm³/mol. The van der Waals surface area contributed by atoms with Crippen LogP contribution < -0.4 is 10.4 Å². The summed E-state index contributed by atoms with van der Waals surface area (Å²) in [5.41, 5.74) is 7.32. The van der Waals surface area contributed by atoms with E-state index in [1.54, 1.807) is 0 Å². The minimum atomic E-state index is 0.668. The van der Waals surface area contributed by atoms with Crippen molar-refractivity contribution < 1.29 is 5.21 Å². The molecule has 3 nitrogen and oxygen atoms in total. The largest absolute Gasteiger partial charge is 0.310 e. The Balaban J connectivity index is 2.12. The Kier molecular flexibility index (Phi) is 4.08. The van der Waals surface area contributed by atoms with Gasteiger partial charge in [0.05, 0.1) is 5.69 Å². The second kappa shape index (κ2) is 6.33. The number of hydrogen-bond acceptors (Lipinski definition) is 3. The first kappa shape index (κ1) is 14.2. The van der Waals surface area contributed by atoms with Crippen LogP contribution in [0.5, 0.6) is 0 Å². The number of aryl methyl sites for hydroxylation is 1. The SMILES string of the molecule is Cc1ccccc1N(c1ccccc1)c1ccc(NO)cc1. The van der Waals surface area contributed by atoms with Gasteiger partial charge in [0.1, 0.15) is 0 Å². The molecule has 0 atom stereocenters. The second-order valence-electron chi connectivity index (χ2n) is 5.12. The van der Waals surface area contributed by atoms with Gasteiger partial charge in [-0.2, -0.15) is 0 Å². The normalized spacial score (nSPS) is 10.3. The van der Waals surface area contributed by atoms with E-state index in [2.05, 4.69) is 41.6 Å². The third-order valence-electron chi connectivity index (χ3n) is 3.63. The molecule has 3 heteroatoms. The summed E-state index contributed by atoms with van der Waals surface area (Å²) in [5, 5.41) is 8.98. The van der Waals surface area contributed by atoms with Gasteiger partial charge in [-0.05, 0) is 55.0 Å². The van der Waals surface area contributed by atoms with Crippen LogP contribution in [-0.2, 0) is 0 Å². The van der Waals surface area contributed by atoms with Crippen molar-refractivity contribution in [3.05, 3.63) is 84.4 Å². The van der Waals surface area contributed by atoms with Crippen molar-refractivity contribution in [1.82, 2.24) is 0 Å². The molecule has 3 aromatic carbocycles. The van der Waals surface area contributed by atoms with Crippen LogP contribution in [-0.4, -0.2) is 5.21 Å². The molecule has 0 heterocycles. The molecule has 0 radical (unpaired) electrons. The molecule has 0 saturated heterocycles. The summed E-state index contributed by atoms with van der Waals surface area (Å²) >= 11 is 0. The van der Waals surface area contributed by atoms with Crippen LogP contribution >= 0.6 is 0 Å². The van der Waals surface area contributed by atoms with E-state index < -0.39 is 0 Å². The van der Waals surface area contributed by atoms with Crippen LogP contribution in [0.15, 0.2) is 78.9 Å². The fourth-order valence-corrected chi connectivity index (χ4v) is 2.50. The van der Waals surface area contributed by atoms with E-state index >= 15 is 0 Å². The van der Waals surface area contributed by atoms with Crippen LogP contribution in [0.1, 0.15) is 5.56 Å². The van der Waals surface area contributed by atoms with Crippen molar-refractivity contribution in [3.63, 3.8) is 0 Å². The van der Waals surface area contributed by atoms with Gasteiger partial charge in [0.25, 0.3) is 0 Å². The lowest BCUT2D eigenvalue weighted by Crippen LogP contribution is -2.11. The molecule has 0 aliphatic carbocycles. The molecule has 0 fully saturated rings. The number of benzene rings is 3. The van der Waals surface area contributed by atoms with Gasteiger partial charge in [0.2, 0.25) is 0 Å². The summed E-state index contributed by atoms with van der Waals surface area (Å²) < 4.78 is 0. The molecule has 0 aromatic heterocycles. The number of nitrogens with zero attached hydrogens (tertiary/aromatic N) is 1. The maximum absolute atomic E-state index is 8.98. The molecule has 0 aliphatic rings. The van der Waals surface area contributed by atoms with E-state index in [-0.39, 0.29) is 0 Å². The minimum Gasteiger partial charge on any atom is -0.310 e. The summed E-state index contributed by atoms with van der Waals surface area (Å²) in [6, 6.07) is 26.2. The highest BCUT2D eigenvalue weighted by Crippen LogP contribution is 2.36. The third kappa shape index (κ3) is 2.80. The van der Waals surface area contributed by atoms with Gasteiger partial charge in [-0.3, -0.25) is 10.7 Å². The molecular weight excluding hydrogens is 272 g/mol. The lowest BCUT2D eigenvalue weighted by molar-refractivity contribution is 0.389. The topological polar surface area (TPSA) is 35.5 Å². The fourth-order valence-electron chi connectivity index (χ4n) is 2.50. The standard InChI is InChI=1S/C19H18N2O/c1-15-7-5-6-10-19(15)21(17-8-3-2-4-9-17)18-13-11-16(20-22)12-14-18/h2-14,20,22H,1H3. The summed E-state index contributed by atoms with van der Waals surface area (Å²) in [4.78, 5) is 2.20. The zero-order chi connectivity index (χ0) is 15.4. The van der Waals surface area contributed by atoms with Gasteiger partial charge in [-0.15, -0.1) is 0 Å². The summed E-state index contributed by atoms with van der Waals surface area (Å²) in [6.45, 7) is 2.11. The van der Waals surface area contributed by atoms with E-state index in [0.29, 0.717) is 5.69 Å². The maximum Gasteiger partial charge on any atom is 0.0603 e. The zero-order valence-electron chi connectivity index (χ0n) is 12.4. The van der Waals surface area contributed by atoms with Crippen LogP contribution in [0.2, 0.25) is 0 Å². The molecule has 3 aromatic rings. The van der Waals surface area contributed by atoms with Crippen LogP contribution in [0.3, 0.4) is 0 Å². The predicted octanol–water partition coefficient (Wildman–Crippen LogP) is 5.27. The average Bonchev–Trinajstić information content (AvgIpc) is 2.58. The Labute approximate surface area is 130 Å². The molecular formula is C19H18N2O. The lowest BCUT2D eigenvalue weighted by atomic mass is 10.1. The molecule has 22 heavy (non-hydrogen) atoms. The lowest BCUT2D eigenvalue weighted by Gasteiger charge is -2.27. The Morgan fingerprint density at radius 2 is 1.32 bits per heavy atom. The van der Waals surface area contributed by atoms with Crippen LogP contribution in [0.25, 0.3) is 0 Å². The minimum absolute atomic E-state index is 0.668. The molecule has 2 N–H and O–H groups in total. The molecule has 0 amide bonds. The van der Waals surface area contributed by atoms with Crippen molar-refractivity contribution >= 4 is 22.7 Å². The van der Waals surface area contributed by atoms with E-state index in [1.165, 1.54) is 5.56 Å². The number of para-hydroxylation sites is 2. The van der Waals surface area contributed by atoms with Gasteiger partial charge in [-0.1, -0.05) is 36.4 Å². The summed E-state index contributed by atoms with van der Waals surface area (Å²) in [7, 11) is 0. The number of rotatable bonds is 4. The third-order valence-corrected chi connectivity index (χ3v) is 3.63. The Bertz CT molecular complexity index is 739. The van der Waals surface area contributed by atoms with Crippen molar-refractivity contribution in [2.75, 3.05) is 10.4 Å². The Morgan fingerprint density at radius 3 is 1.95 bits per heavy atom. The maximum atomic E-state index is 8.98. The molecule has 3 rings (SSSR count). The number of nitrogens with one attached hydrogen (secondary N) is 1. The Hall–Kier alpha value is -2.78. The highest BCUT2D eigenvalue weighted by molar-refractivity contribution is 5.78. The van der Waals surface area contributed by atoms with E-state index in [1.807, 2.05) is 54.6 Å². The van der Waals surface area contributed by atoms with Crippen molar-refractivity contribution in [2.45, 2.75) is 6.92 Å². The highest BCUT2D eigenvalue weighted by Gasteiger charge is 2.13. The number of anilines is 4. The molecule has 0 saturated carbocycles. The monoisotopic (exact) mass is 290 g/mol. The summed E-state index contributed by atoms with van der Waals surface area (Å²) in [5.74, 6) is 0. The number of hydrogen-bond donors (Lipinski definition) is 2. The molecule has 0 bridgehead atoms. The molecule has 0 spiro atoms. The second-order valence-corrected chi connectivity index (χ2v) is 5.12. The van der Waals surface area contributed by atoms with Gasteiger partial charge in [0, 0.05) is 17.1 Å². The van der Waals surface area contributed by atoms with Crippen molar-refractivity contribution in [1.29, 1.82) is 0 Å². The van der Waals surface area contributed by atoms with E-state index in [0.717, 1.165) is 17.1 Å². The van der Waals surface area contributed by atoms with Crippen molar-refractivity contribution in [2.24, 2.45) is 0 Å².